The maximum Gasteiger partial charge on any atom is 0.253 e. The number of nitrogens with zero attached hydrogens (tertiary/aromatic N) is 3. The summed E-state index contributed by atoms with van der Waals surface area (Å²) in [6, 6.07) is 4.34. The molecule has 2 fully saturated rings. The summed E-state index contributed by atoms with van der Waals surface area (Å²) in [7, 11) is 0. The monoisotopic (exact) mass is 549 g/mol. The van der Waals surface area contributed by atoms with E-state index in [0.717, 1.165) is 23.2 Å². The minimum absolute atomic E-state index is 0.119. The molecule has 8 nitrogen and oxygen atoms in total. The first kappa shape index (κ1) is 28.6. The molecule has 4 aliphatic heterocycles. The molecule has 1 unspecified atom stereocenters. The lowest BCUT2D eigenvalue weighted by atomic mass is 9.74. The van der Waals surface area contributed by atoms with Crippen LogP contribution in [0, 0.1) is 31.6 Å². The Balaban J connectivity index is 1.69. The maximum atomic E-state index is 14.8. The van der Waals surface area contributed by atoms with Crippen LogP contribution >= 0.6 is 0 Å². The molecule has 5 rings (SSSR count). The van der Waals surface area contributed by atoms with Crippen LogP contribution in [-0.2, 0) is 19.1 Å². The second-order valence-corrected chi connectivity index (χ2v) is 12.5. The number of benzene rings is 1. The van der Waals surface area contributed by atoms with Crippen molar-refractivity contribution in [3.8, 4) is 0 Å². The Bertz CT molecular complexity index is 1240. The van der Waals surface area contributed by atoms with Crippen molar-refractivity contribution in [1.82, 2.24) is 9.80 Å². The third-order valence-electron chi connectivity index (χ3n) is 9.13. The number of hydrogen-bond donors (Lipinski definition) is 1. The van der Waals surface area contributed by atoms with E-state index in [-0.39, 0.29) is 30.2 Å². The normalized spacial score (nSPS) is 32.4. The zero-order chi connectivity index (χ0) is 29.0. The maximum absolute atomic E-state index is 14.8. The summed E-state index contributed by atoms with van der Waals surface area (Å²) in [6.45, 7) is 13.0. The number of aryl methyl sites for hydroxylation is 2. The van der Waals surface area contributed by atoms with E-state index in [1.54, 1.807) is 14.7 Å². The lowest BCUT2D eigenvalue weighted by Gasteiger charge is -2.40. The number of likely N-dealkylation sites (tertiary alicyclic amines) is 1. The van der Waals surface area contributed by atoms with Crippen molar-refractivity contribution >= 4 is 23.4 Å². The van der Waals surface area contributed by atoms with Crippen molar-refractivity contribution in [2.45, 2.75) is 77.7 Å². The smallest absolute Gasteiger partial charge is 0.253 e. The van der Waals surface area contributed by atoms with Crippen molar-refractivity contribution in [2.75, 3.05) is 31.1 Å². The first-order valence-electron chi connectivity index (χ1n) is 14.7. The number of anilines is 1. The Morgan fingerprint density at radius 1 is 1.00 bits per heavy atom. The van der Waals surface area contributed by atoms with E-state index >= 15 is 0 Å². The number of para-hydroxylation sites is 1. The van der Waals surface area contributed by atoms with E-state index in [2.05, 4.69) is 0 Å². The molecule has 1 aromatic rings. The third-order valence-corrected chi connectivity index (χ3v) is 9.13. The molecule has 0 aliphatic carbocycles. The quantitative estimate of drug-likeness (QED) is 0.527. The molecule has 6 atom stereocenters. The SMILES string of the molecule is CCCN1CC=C[C@@]2(C)O[C@]34C=CCN(c5c(C)cccc5C)C(=O)C3N([C@@H](CO)CC(C)C)C(=O)[C@@H]4[C@H]2C1=O. The second-order valence-electron chi connectivity index (χ2n) is 12.5. The highest BCUT2D eigenvalue weighted by Crippen LogP contribution is 2.58. The van der Waals surface area contributed by atoms with Crippen LogP contribution < -0.4 is 4.90 Å². The largest absolute Gasteiger partial charge is 0.394 e. The Morgan fingerprint density at radius 2 is 1.68 bits per heavy atom. The minimum atomic E-state index is -1.33. The zero-order valence-corrected chi connectivity index (χ0v) is 24.6. The van der Waals surface area contributed by atoms with Gasteiger partial charge in [0.05, 0.1) is 30.1 Å². The lowest BCUT2D eigenvalue weighted by molar-refractivity contribution is -0.151. The number of fused-ring (bicyclic) bond motifs is 2. The first-order chi connectivity index (χ1) is 19.0. The summed E-state index contributed by atoms with van der Waals surface area (Å²) in [5, 5.41) is 10.6. The Labute approximate surface area is 237 Å². The van der Waals surface area contributed by atoms with Gasteiger partial charge in [0, 0.05) is 25.3 Å². The predicted octanol–water partition coefficient (Wildman–Crippen LogP) is 3.39. The zero-order valence-electron chi connectivity index (χ0n) is 24.6. The molecule has 0 aromatic heterocycles. The van der Waals surface area contributed by atoms with Gasteiger partial charge in [-0.1, -0.05) is 63.3 Å². The Kier molecular flexibility index (Phi) is 7.46. The fraction of sp³-hybridized carbons (Fsp3) is 0.594. The summed E-state index contributed by atoms with van der Waals surface area (Å²) < 4.78 is 6.93. The third kappa shape index (κ3) is 4.22. The van der Waals surface area contributed by atoms with Crippen molar-refractivity contribution in [3.63, 3.8) is 0 Å². The van der Waals surface area contributed by atoms with E-state index in [9.17, 15) is 19.5 Å². The molecule has 40 heavy (non-hydrogen) atoms. The first-order valence-corrected chi connectivity index (χ1v) is 14.7. The molecule has 0 radical (unpaired) electrons. The van der Waals surface area contributed by atoms with Gasteiger partial charge in [-0.05, 0) is 50.7 Å². The highest BCUT2D eigenvalue weighted by atomic mass is 16.5. The van der Waals surface area contributed by atoms with Gasteiger partial charge >= 0.3 is 0 Å². The van der Waals surface area contributed by atoms with Crippen LogP contribution in [0.25, 0.3) is 0 Å². The van der Waals surface area contributed by atoms with E-state index in [1.165, 1.54) is 0 Å². The van der Waals surface area contributed by atoms with E-state index in [4.69, 9.17) is 4.74 Å². The van der Waals surface area contributed by atoms with Crippen LogP contribution in [0.3, 0.4) is 0 Å². The molecule has 1 N–H and O–H groups in total. The Hall–Kier alpha value is -2.97. The van der Waals surface area contributed by atoms with E-state index < -0.39 is 35.1 Å². The summed E-state index contributed by atoms with van der Waals surface area (Å²) >= 11 is 0. The number of carbonyl (C=O) groups is 3. The molecule has 3 amide bonds. The van der Waals surface area contributed by atoms with Crippen LogP contribution in [0.15, 0.2) is 42.5 Å². The number of aliphatic hydroxyl groups is 1. The molecule has 8 heteroatoms. The van der Waals surface area contributed by atoms with Crippen LogP contribution in [0.2, 0.25) is 0 Å². The minimum Gasteiger partial charge on any atom is -0.394 e. The molecule has 2 saturated heterocycles. The van der Waals surface area contributed by atoms with Crippen molar-refractivity contribution < 1.29 is 24.2 Å². The fourth-order valence-corrected chi connectivity index (χ4v) is 7.63. The van der Waals surface area contributed by atoms with Crippen LogP contribution in [0.4, 0.5) is 5.69 Å². The van der Waals surface area contributed by atoms with Gasteiger partial charge in [-0.3, -0.25) is 14.4 Å². The molecule has 1 spiro atoms. The van der Waals surface area contributed by atoms with Crippen LogP contribution in [0.1, 0.15) is 51.7 Å². The van der Waals surface area contributed by atoms with Crippen molar-refractivity contribution in [3.05, 3.63) is 53.6 Å². The number of aliphatic hydroxyl groups excluding tert-OH is 1. The highest BCUT2D eigenvalue weighted by molar-refractivity contribution is 6.06. The summed E-state index contributed by atoms with van der Waals surface area (Å²) in [6.07, 6.45) is 8.98. The molecular weight excluding hydrogens is 506 g/mol. The standard InChI is InChI=1S/C32H43N3O5/c1-7-15-33-16-9-13-31(6)24(28(33)37)25-29(38)35(23(19-36)18-20(2)3)27-30(39)34(17-10-14-32(25,27)40-31)26-21(4)11-8-12-22(26)5/h8-14,20,23-25,27,36H,7,15-19H2,1-6H3/t23-,24+,25+,27?,31-,32+/m1/s1. The average Bonchev–Trinajstić information content (AvgIpc) is 3.17. The average molecular weight is 550 g/mol. The van der Waals surface area contributed by atoms with Gasteiger partial charge in [0.1, 0.15) is 11.6 Å². The highest BCUT2D eigenvalue weighted by Gasteiger charge is 2.75. The predicted molar refractivity (Wildman–Crippen MR) is 154 cm³/mol. The molecule has 0 saturated carbocycles. The number of rotatable bonds is 7. The molecular formula is C32H43N3O5. The van der Waals surface area contributed by atoms with E-state index in [0.29, 0.717) is 26.1 Å². The van der Waals surface area contributed by atoms with Gasteiger partial charge < -0.3 is 24.5 Å². The summed E-state index contributed by atoms with van der Waals surface area (Å²) in [5.41, 5.74) is 0.360. The van der Waals surface area contributed by atoms with Gasteiger partial charge in [-0.25, -0.2) is 0 Å². The van der Waals surface area contributed by atoms with Gasteiger partial charge in [0.15, 0.2) is 0 Å². The molecule has 0 bridgehead atoms. The van der Waals surface area contributed by atoms with Crippen LogP contribution in [-0.4, -0.2) is 82.2 Å². The fourth-order valence-electron chi connectivity index (χ4n) is 7.63. The lowest BCUT2D eigenvalue weighted by Crippen LogP contribution is -2.59. The number of carbonyl (C=O) groups excluding carboxylic acids is 3. The van der Waals surface area contributed by atoms with Gasteiger partial charge in [-0.15, -0.1) is 0 Å². The van der Waals surface area contributed by atoms with Gasteiger partial charge in [0.2, 0.25) is 11.8 Å². The molecule has 4 heterocycles. The number of hydrogen-bond acceptors (Lipinski definition) is 5. The molecule has 216 valence electrons. The van der Waals surface area contributed by atoms with Gasteiger partial charge in [0.25, 0.3) is 5.91 Å². The number of ether oxygens (including phenoxy) is 1. The summed E-state index contributed by atoms with van der Waals surface area (Å²) in [5.74, 6) is -2.13. The van der Waals surface area contributed by atoms with Crippen molar-refractivity contribution in [1.29, 1.82) is 0 Å². The summed E-state index contributed by atoms with van der Waals surface area (Å²) in [4.78, 5) is 48.6. The second kappa shape index (κ2) is 10.5. The molecule has 1 aromatic carbocycles. The van der Waals surface area contributed by atoms with Gasteiger partial charge in [-0.2, -0.15) is 0 Å². The van der Waals surface area contributed by atoms with Crippen LogP contribution in [0.5, 0.6) is 0 Å². The van der Waals surface area contributed by atoms with Crippen molar-refractivity contribution in [2.24, 2.45) is 17.8 Å². The van der Waals surface area contributed by atoms with E-state index in [1.807, 2.05) is 84.0 Å². The molecule has 4 aliphatic rings. The number of amides is 3. The Morgan fingerprint density at radius 3 is 2.30 bits per heavy atom. The topological polar surface area (TPSA) is 90.4 Å².